The van der Waals surface area contributed by atoms with E-state index in [0.29, 0.717) is 35.6 Å². The van der Waals surface area contributed by atoms with Gasteiger partial charge in [-0.05, 0) is 43.9 Å². The van der Waals surface area contributed by atoms with Crippen molar-refractivity contribution in [2.45, 2.75) is 32.3 Å². The maximum Gasteiger partial charge on any atom is 0.224 e. The van der Waals surface area contributed by atoms with Crippen LogP contribution in [0.4, 0.5) is 11.4 Å². The Balaban J connectivity index is 1.85. The molecular formula is C15H22N2O3. The summed E-state index contributed by atoms with van der Waals surface area (Å²) >= 11 is 0. The molecule has 1 aliphatic carbocycles. The molecule has 1 aliphatic rings. The van der Waals surface area contributed by atoms with E-state index in [1.54, 1.807) is 25.3 Å². The van der Waals surface area contributed by atoms with Crippen LogP contribution in [0.15, 0.2) is 18.2 Å². The molecule has 1 fully saturated rings. The Bertz CT molecular complexity index is 470. The van der Waals surface area contributed by atoms with E-state index in [0.717, 1.165) is 19.4 Å². The molecule has 1 amide bonds. The van der Waals surface area contributed by atoms with Gasteiger partial charge in [-0.15, -0.1) is 0 Å². The van der Waals surface area contributed by atoms with E-state index in [-0.39, 0.29) is 5.91 Å². The Kier molecular flexibility index (Phi) is 4.84. The molecule has 0 heterocycles. The fraction of sp³-hybridized carbons (Fsp3) is 0.533. The Labute approximate surface area is 119 Å². The highest BCUT2D eigenvalue weighted by Crippen LogP contribution is 2.33. The van der Waals surface area contributed by atoms with E-state index in [1.165, 1.54) is 0 Å². The lowest BCUT2D eigenvalue weighted by atomic mass is 9.80. The summed E-state index contributed by atoms with van der Waals surface area (Å²) in [5.41, 5.74) is 6.95. The molecule has 0 aliphatic heterocycles. The lowest BCUT2D eigenvalue weighted by molar-refractivity contribution is -0.119. The molecule has 2 rings (SSSR count). The topological polar surface area (TPSA) is 73.6 Å². The minimum atomic E-state index is -0.00570. The summed E-state index contributed by atoms with van der Waals surface area (Å²) in [6.45, 7) is 2.73. The van der Waals surface area contributed by atoms with Crippen molar-refractivity contribution in [1.29, 1.82) is 0 Å². The molecule has 110 valence electrons. The molecule has 1 saturated carbocycles. The van der Waals surface area contributed by atoms with Crippen molar-refractivity contribution < 1.29 is 14.3 Å². The lowest BCUT2D eigenvalue weighted by Crippen LogP contribution is -2.33. The third-order valence-corrected chi connectivity index (χ3v) is 3.57. The van der Waals surface area contributed by atoms with E-state index >= 15 is 0 Å². The minimum Gasteiger partial charge on any atom is -0.495 e. The summed E-state index contributed by atoms with van der Waals surface area (Å²) in [4.78, 5) is 12.0. The summed E-state index contributed by atoms with van der Waals surface area (Å²) in [5, 5.41) is 2.86. The van der Waals surface area contributed by atoms with Crippen LogP contribution in [0.25, 0.3) is 0 Å². The average Bonchev–Trinajstić information content (AvgIpc) is 2.36. The normalized spacial score (nSPS) is 21.1. The Hall–Kier alpha value is -1.75. The first kappa shape index (κ1) is 14.7. The van der Waals surface area contributed by atoms with Crippen LogP contribution in [-0.4, -0.2) is 25.7 Å². The van der Waals surface area contributed by atoms with Gasteiger partial charge in [0, 0.05) is 18.7 Å². The highest BCUT2D eigenvalue weighted by molar-refractivity contribution is 5.93. The van der Waals surface area contributed by atoms with Crippen LogP contribution in [0.5, 0.6) is 5.75 Å². The third kappa shape index (κ3) is 3.63. The van der Waals surface area contributed by atoms with Crippen LogP contribution in [0.3, 0.4) is 0 Å². The predicted molar refractivity (Wildman–Crippen MR) is 78.8 cm³/mol. The second-order valence-electron chi connectivity index (χ2n) is 5.13. The smallest absolute Gasteiger partial charge is 0.224 e. The van der Waals surface area contributed by atoms with Gasteiger partial charge in [-0.2, -0.15) is 0 Å². The summed E-state index contributed by atoms with van der Waals surface area (Å²) in [7, 11) is 1.57. The van der Waals surface area contributed by atoms with Crippen LogP contribution in [0.2, 0.25) is 0 Å². The molecule has 1 aromatic carbocycles. The molecule has 5 nitrogen and oxygen atoms in total. The number of carbonyl (C=O) groups is 1. The standard InChI is InChI=1S/C15H22N2O3/c1-3-20-12-6-10(7-12)8-15(18)17-13-9-11(16)4-5-14(13)19-2/h4-5,9-10,12H,3,6-8,16H2,1-2H3,(H,17,18). The number of anilines is 2. The number of hydrogen-bond donors (Lipinski definition) is 2. The fourth-order valence-electron chi connectivity index (χ4n) is 2.50. The molecule has 20 heavy (non-hydrogen) atoms. The molecule has 0 atom stereocenters. The Morgan fingerprint density at radius 1 is 1.45 bits per heavy atom. The lowest BCUT2D eigenvalue weighted by Gasteiger charge is -2.34. The van der Waals surface area contributed by atoms with E-state index < -0.39 is 0 Å². The largest absolute Gasteiger partial charge is 0.495 e. The first-order chi connectivity index (χ1) is 9.62. The van der Waals surface area contributed by atoms with Gasteiger partial charge in [-0.1, -0.05) is 0 Å². The molecule has 0 radical (unpaired) electrons. The molecule has 0 unspecified atom stereocenters. The van der Waals surface area contributed by atoms with Gasteiger partial charge in [0.05, 0.1) is 18.9 Å². The number of nitrogens with one attached hydrogen (secondary N) is 1. The van der Waals surface area contributed by atoms with Gasteiger partial charge in [0.2, 0.25) is 5.91 Å². The summed E-state index contributed by atoms with van der Waals surface area (Å²) < 4.78 is 10.7. The predicted octanol–water partition coefficient (Wildman–Crippen LogP) is 2.42. The van der Waals surface area contributed by atoms with Gasteiger partial charge in [0.15, 0.2) is 0 Å². The first-order valence-electron chi connectivity index (χ1n) is 6.97. The zero-order valence-electron chi connectivity index (χ0n) is 12.0. The summed E-state index contributed by atoms with van der Waals surface area (Å²) in [6.07, 6.45) is 2.78. The van der Waals surface area contributed by atoms with Gasteiger partial charge < -0.3 is 20.5 Å². The molecule has 0 saturated heterocycles. The van der Waals surface area contributed by atoms with Crippen LogP contribution in [-0.2, 0) is 9.53 Å². The van der Waals surface area contributed by atoms with E-state index in [1.807, 2.05) is 6.92 Å². The van der Waals surface area contributed by atoms with Crippen molar-refractivity contribution in [1.82, 2.24) is 0 Å². The van der Waals surface area contributed by atoms with Gasteiger partial charge >= 0.3 is 0 Å². The highest BCUT2D eigenvalue weighted by Gasteiger charge is 2.31. The average molecular weight is 278 g/mol. The van der Waals surface area contributed by atoms with Gasteiger partial charge in [0.1, 0.15) is 5.75 Å². The van der Waals surface area contributed by atoms with Crippen molar-refractivity contribution in [2.75, 3.05) is 24.8 Å². The van der Waals surface area contributed by atoms with Crippen molar-refractivity contribution >= 4 is 17.3 Å². The number of rotatable bonds is 6. The van der Waals surface area contributed by atoms with Crippen LogP contribution < -0.4 is 15.8 Å². The zero-order chi connectivity index (χ0) is 14.5. The zero-order valence-corrected chi connectivity index (χ0v) is 12.0. The number of carbonyl (C=O) groups excluding carboxylic acids is 1. The summed E-state index contributed by atoms with van der Waals surface area (Å²) in [6, 6.07) is 5.20. The Morgan fingerprint density at radius 2 is 2.20 bits per heavy atom. The molecule has 0 spiro atoms. The quantitative estimate of drug-likeness (QED) is 0.784. The Morgan fingerprint density at radius 3 is 2.85 bits per heavy atom. The number of amides is 1. The number of ether oxygens (including phenoxy) is 2. The van der Waals surface area contributed by atoms with Gasteiger partial charge in [-0.25, -0.2) is 0 Å². The molecular weight excluding hydrogens is 256 g/mol. The minimum absolute atomic E-state index is 0.00570. The first-order valence-corrected chi connectivity index (χ1v) is 6.97. The van der Waals surface area contributed by atoms with Crippen LogP contribution in [0.1, 0.15) is 26.2 Å². The maximum atomic E-state index is 12.0. The highest BCUT2D eigenvalue weighted by atomic mass is 16.5. The van der Waals surface area contributed by atoms with Crippen molar-refractivity contribution in [3.8, 4) is 5.75 Å². The number of nitrogen functional groups attached to an aromatic ring is 1. The van der Waals surface area contributed by atoms with E-state index in [2.05, 4.69) is 5.32 Å². The van der Waals surface area contributed by atoms with E-state index in [9.17, 15) is 4.79 Å². The van der Waals surface area contributed by atoms with Crippen LogP contribution in [0, 0.1) is 5.92 Å². The molecule has 0 aromatic heterocycles. The number of nitrogens with two attached hydrogens (primary N) is 1. The number of methoxy groups -OCH3 is 1. The maximum absolute atomic E-state index is 12.0. The SMILES string of the molecule is CCOC1CC(CC(=O)Nc2cc(N)ccc2OC)C1. The van der Waals surface area contributed by atoms with Crippen LogP contribution >= 0.6 is 0 Å². The molecule has 1 aromatic rings. The van der Waals surface area contributed by atoms with Gasteiger partial charge in [0.25, 0.3) is 0 Å². The second kappa shape index (κ2) is 6.61. The number of benzene rings is 1. The second-order valence-corrected chi connectivity index (χ2v) is 5.13. The molecule has 0 bridgehead atoms. The molecule has 5 heteroatoms. The van der Waals surface area contributed by atoms with Crippen molar-refractivity contribution in [3.05, 3.63) is 18.2 Å². The van der Waals surface area contributed by atoms with Crippen molar-refractivity contribution in [2.24, 2.45) is 5.92 Å². The molecule has 3 N–H and O–H groups in total. The number of hydrogen-bond acceptors (Lipinski definition) is 4. The summed E-state index contributed by atoms with van der Waals surface area (Å²) in [5.74, 6) is 1.03. The fourth-order valence-corrected chi connectivity index (χ4v) is 2.50. The van der Waals surface area contributed by atoms with Crippen molar-refractivity contribution in [3.63, 3.8) is 0 Å². The van der Waals surface area contributed by atoms with E-state index in [4.69, 9.17) is 15.2 Å². The van der Waals surface area contributed by atoms with Gasteiger partial charge in [-0.3, -0.25) is 4.79 Å². The monoisotopic (exact) mass is 278 g/mol. The third-order valence-electron chi connectivity index (χ3n) is 3.57.